The predicted molar refractivity (Wildman–Crippen MR) is 141 cm³/mol. The fraction of sp³-hybridized carbons (Fsp3) is 0.677. The van der Waals surface area contributed by atoms with Crippen LogP contribution in [0.25, 0.3) is 0 Å². The lowest BCUT2D eigenvalue weighted by atomic mass is 9.40. The number of carbonyl (C=O) groups excluding carboxylic acids is 4. The lowest BCUT2D eigenvalue weighted by Gasteiger charge is -2.64. The largest absolute Gasteiger partial charge is 0.472 e. The number of ether oxygens (including phenoxy) is 3. The second kappa shape index (κ2) is 9.57. The van der Waals surface area contributed by atoms with E-state index in [1.54, 1.807) is 32.4 Å². The lowest BCUT2D eigenvalue weighted by Crippen LogP contribution is -2.69. The summed E-state index contributed by atoms with van der Waals surface area (Å²) in [7, 11) is 1.20. The summed E-state index contributed by atoms with van der Waals surface area (Å²) in [4.78, 5) is 53.2. The number of aliphatic hydroxyl groups is 1. The van der Waals surface area contributed by atoms with Crippen LogP contribution in [-0.2, 0) is 33.4 Å². The summed E-state index contributed by atoms with van der Waals surface area (Å²) in [5.41, 5.74) is -0.878. The highest BCUT2D eigenvalue weighted by Gasteiger charge is 2.70. The van der Waals surface area contributed by atoms with Crippen LogP contribution in [0.3, 0.4) is 0 Å². The molecule has 9 unspecified atom stereocenters. The van der Waals surface area contributed by atoms with Gasteiger partial charge >= 0.3 is 17.9 Å². The maximum atomic E-state index is 14.4. The topological polar surface area (TPSA) is 129 Å². The van der Waals surface area contributed by atoms with Gasteiger partial charge in [0.25, 0.3) is 0 Å². The molecule has 218 valence electrons. The number of fused-ring (bicyclic) bond motifs is 6. The van der Waals surface area contributed by atoms with Crippen LogP contribution < -0.4 is 0 Å². The Kier molecular flexibility index (Phi) is 6.84. The van der Waals surface area contributed by atoms with Gasteiger partial charge in [-0.2, -0.15) is 0 Å². The minimum absolute atomic E-state index is 0.147. The highest BCUT2D eigenvalue weighted by atomic mass is 16.6. The van der Waals surface area contributed by atoms with Crippen molar-refractivity contribution >= 4 is 23.7 Å². The Balaban J connectivity index is 1.69. The van der Waals surface area contributed by atoms with Crippen molar-refractivity contribution in [2.24, 2.45) is 45.8 Å². The van der Waals surface area contributed by atoms with Crippen LogP contribution in [0.2, 0.25) is 0 Å². The third-order valence-corrected chi connectivity index (χ3v) is 10.5. The Morgan fingerprint density at radius 3 is 2.40 bits per heavy atom. The van der Waals surface area contributed by atoms with Crippen LogP contribution in [0.4, 0.5) is 0 Å². The third-order valence-electron chi connectivity index (χ3n) is 10.5. The van der Waals surface area contributed by atoms with Crippen molar-refractivity contribution in [3.8, 4) is 0 Å². The number of Topliss-reactive ketones (excluding diaryl/α,β-unsaturated/α-hetero) is 1. The van der Waals surface area contributed by atoms with E-state index in [9.17, 15) is 24.3 Å². The number of aliphatic hydroxyl groups excluding tert-OH is 1. The van der Waals surface area contributed by atoms with Crippen molar-refractivity contribution in [2.45, 2.75) is 79.1 Å². The second-order valence-corrected chi connectivity index (χ2v) is 13.4. The molecule has 1 aliphatic heterocycles. The molecule has 0 aromatic carbocycles. The van der Waals surface area contributed by atoms with E-state index in [2.05, 4.69) is 6.92 Å². The Morgan fingerprint density at radius 2 is 1.80 bits per heavy atom. The van der Waals surface area contributed by atoms with Gasteiger partial charge in [0.15, 0.2) is 6.10 Å². The van der Waals surface area contributed by atoms with E-state index in [1.165, 1.54) is 7.11 Å². The molecule has 9 nitrogen and oxygen atoms in total. The Bertz CT molecular complexity index is 1240. The van der Waals surface area contributed by atoms with Gasteiger partial charge in [-0.15, -0.1) is 0 Å². The Morgan fingerprint density at radius 1 is 1.10 bits per heavy atom. The first-order valence-corrected chi connectivity index (χ1v) is 14.1. The molecular formula is C31H40O9. The molecule has 2 saturated carbocycles. The van der Waals surface area contributed by atoms with E-state index in [0.29, 0.717) is 12.8 Å². The molecule has 3 fully saturated rings. The van der Waals surface area contributed by atoms with Crippen molar-refractivity contribution in [3.63, 3.8) is 0 Å². The van der Waals surface area contributed by atoms with E-state index in [4.69, 9.17) is 18.6 Å². The predicted octanol–water partition coefficient (Wildman–Crippen LogP) is 4.19. The van der Waals surface area contributed by atoms with E-state index < -0.39 is 64.2 Å². The zero-order valence-corrected chi connectivity index (χ0v) is 24.3. The van der Waals surface area contributed by atoms with Crippen molar-refractivity contribution in [3.05, 3.63) is 35.8 Å². The first kappa shape index (κ1) is 28.6. The zero-order chi connectivity index (χ0) is 29.4. The van der Waals surface area contributed by atoms with E-state index in [0.717, 1.165) is 11.1 Å². The zero-order valence-electron chi connectivity index (χ0n) is 24.3. The monoisotopic (exact) mass is 556 g/mol. The maximum absolute atomic E-state index is 14.4. The normalized spacial score (nSPS) is 38.9. The third kappa shape index (κ3) is 3.90. The number of rotatable bonds is 5. The minimum Gasteiger partial charge on any atom is -0.472 e. The molecule has 40 heavy (non-hydrogen) atoms. The van der Waals surface area contributed by atoms with E-state index >= 15 is 0 Å². The van der Waals surface area contributed by atoms with Gasteiger partial charge in [0.05, 0.1) is 37.9 Å². The van der Waals surface area contributed by atoms with Crippen molar-refractivity contribution in [1.29, 1.82) is 0 Å². The van der Waals surface area contributed by atoms with Crippen LogP contribution in [0.5, 0.6) is 0 Å². The first-order valence-electron chi connectivity index (χ1n) is 14.1. The van der Waals surface area contributed by atoms with Gasteiger partial charge in [-0.3, -0.25) is 14.4 Å². The summed E-state index contributed by atoms with van der Waals surface area (Å²) in [6, 6.07) is 1.80. The van der Waals surface area contributed by atoms with Gasteiger partial charge in [0, 0.05) is 27.7 Å². The molecule has 0 amide bonds. The summed E-state index contributed by atoms with van der Waals surface area (Å²) in [6.07, 6.45) is 3.43. The average molecular weight is 557 g/mol. The maximum Gasteiger partial charge on any atom is 0.335 e. The highest BCUT2D eigenvalue weighted by molar-refractivity contribution is 5.94. The van der Waals surface area contributed by atoms with Gasteiger partial charge in [0.2, 0.25) is 0 Å². The highest BCUT2D eigenvalue weighted by Crippen LogP contribution is 2.68. The van der Waals surface area contributed by atoms with Gasteiger partial charge in [-0.1, -0.05) is 53.2 Å². The van der Waals surface area contributed by atoms with Crippen molar-refractivity contribution in [2.75, 3.05) is 7.11 Å². The molecule has 1 saturated heterocycles. The summed E-state index contributed by atoms with van der Waals surface area (Å²) >= 11 is 0. The molecule has 2 bridgehead atoms. The number of carbonyl (C=O) groups is 4. The van der Waals surface area contributed by atoms with Crippen LogP contribution in [-0.4, -0.2) is 48.1 Å². The number of furan rings is 1. The number of cyclic esters (lactones) is 1. The number of allylic oxidation sites excluding steroid dienone is 1. The molecule has 1 aromatic rings. The standard InChI is InChI=1S/C31H40O9/c1-15(2)27(35)40-26-18-12-17-19(31(6,24(18)34)23(29(26,3)4)22(33)28(36)37-7)8-10-30(5)20(17)13-21(32)39-25(30)16-9-11-38-14-16/h9,11-12,14-15,18-20,22-23,25-26,33H,8,10,13H2,1-7H3. The van der Waals surface area contributed by atoms with E-state index in [1.807, 2.05) is 26.8 Å². The lowest BCUT2D eigenvalue weighted by molar-refractivity contribution is -0.211. The minimum atomic E-state index is -1.61. The number of methoxy groups -OCH3 is 1. The number of ketones is 1. The molecule has 0 spiro atoms. The molecule has 4 aliphatic rings. The molecular weight excluding hydrogens is 516 g/mol. The van der Waals surface area contributed by atoms with E-state index in [-0.39, 0.29) is 30.0 Å². The van der Waals surface area contributed by atoms with Gasteiger partial charge in [0.1, 0.15) is 18.0 Å². The summed E-state index contributed by atoms with van der Waals surface area (Å²) in [5.74, 6) is -4.50. The molecule has 9 heteroatoms. The van der Waals surface area contributed by atoms with Crippen molar-refractivity contribution in [1.82, 2.24) is 0 Å². The van der Waals surface area contributed by atoms with Crippen LogP contribution >= 0.6 is 0 Å². The molecule has 0 radical (unpaired) electrons. The Labute approximate surface area is 234 Å². The van der Waals surface area contributed by atoms with Crippen LogP contribution in [0.15, 0.2) is 34.7 Å². The van der Waals surface area contributed by atoms with Crippen molar-refractivity contribution < 1.29 is 42.9 Å². The fourth-order valence-electron chi connectivity index (χ4n) is 8.62. The molecule has 9 atom stereocenters. The number of hydrogen-bond donors (Lipinski definition) is 1. The Hall–Kier alpha value is -2.94. The van der Waals surface area contributed by atoms with Crippen LogP contribution in [0.1, 0.15) is 72.5 Å². The van der Waals surface area contributed by atoms with Crippen LogP contribution in [0, 0.1) is 45.8 Å². The first-order chi connectivity index (χ1) is 18.7. The molecule has 2 heterocycles. The SMILES string of the molecule is COC(=O)C(O)C1C(C)(C)C(OC(=O)C(C)C)C2C=C3C4CC(=O)OC(c5ccoc5)C4(C)CCC3C1(C)C2=O. The number of hydrogen-bond acceptors (Lipinski definition) is 9. The van der Waals surface area contributed by atoms with Gasteiger partial charge in [-0.25, -0.2) is 4.79 Å². The van der Waals surface area contributed by atoms with Gasteiger partial charge in [-0.05, 0) is 30.7 Å². The summed E-state index contributed by atoms with van der Waals surface area (Å²) in [5, 5.41) is 11.4. The fourth-order valence-corrected chi connectivity index (χ4v) is 8.62. The summed E-state index contributed by atoms with van der Waals surface area (Å²) in [6.45, 7) is 11.1. The average Bonchev–Trinajstić information content (AvgIpc) is 3.42. The smallest absolute Gasteiger partial charge is 0.335 e. The molecule has 1 aromatic heterocycles. The molecule has 3 aliphatic carbocycles. The number of esters is 3. The quantitative estimate of drug-likeness (QED) is 0.322. The summed E-state index contributed by atoms with van der Waals surface area (Å²) < 4.78 is 22.2. The molecule has 1 N–H and O–H groups in total. The van der Waals surface area contributed by atoms with Gasteiger partial charge < -0.3 is 23.7 Å². The molecule has 5 rings (SSSR count). The second-order valence-electron chi connectivity index (χ2n) is 13.4.